The summed E-state index contributed by atoms with van der Waals surface area (Å²) in [7, 11) is -1.52. The van der Waals surface area contributed by atoms with Crippen molar-refractivity contribution in [1.82, 2.24) is 0 Å². The molecule has 0 aliphatic carbocycles. The lowest BCUT2D eigenvalue weighted by atomic mass is 9.80. The minimum atomic E-state index is -1.52. The molecule has 2 N–H and O–H groups in total. The van der Waals surface area contributed by atoms with E-state index in [4.69, 9.17) is 14.8 Å². The van der Waals surface area contributed by atoms with Crippen molar-refractivity contribution in [2.24, 2.45) is 4.99 Å². The maximum atomic E-state index is 13.3. The third kappa shape index (κ3) is 2.88. The van der Waals surface area contributed by atoms with Crippen molar-refractivity contribution in [2.75, 3.05) is 6.67 Å². The number of benzene rings is 2. The molecule has 22 heavy (non-hydrogen) atoms. The molecule has 2 aromatic carbocycles. The smallest absolute Gasteiger partial charge is 0.467 e. The van der Waals surface area contributed by atoms with Crippen molar-refractivity contribution < 1.29 is 19.2 Å². The molecule has 4 nitrogen and oxygen atoms in total. The van der Waals surface area contributed by atoms with Gasteiger partial charge in [0.05, 0.1) is 0 Å². The molecule has 0 saturated carbocycles. The third-order valence-electron chi connectivity index (χ3n) is 3.61. The molecule has 0 saturated heterocycles. The van der Waals surface area contributed by atoms with Gasteiger partial charge in [-0.05, 0) is 23.2 Å². The van der Waals surface area contributed by atoms with Gasteiger partial charge >= 0.3 is 7.12 Å². The van der Waals surface area contributed by atoms with E-state index >= 15 is 0 Å². The van der Waals surface area contributed by atoms with Crippen LogP contribution in [0.25, 0.3) is 0 Å². The van der Waals surface area contributed by atoms with Crippen molar-refractivity contribution >= 4 is 18.5 Å². The van der Waals surface area contributed by atoms with Crippen molar-refractivity contribution in [3.8, 4) is 0 Å². The summed E-state index contributed by atoms with van der Waals surface area (Å²) in [6.45, 7) is -0.620. The van der Waals surface area contributed by atoms with Gasteiger partial charge in [0.2, 0.25) is 5.90 Å². The van der Waals surface area contributed by atoms with E-state index in [0.29, 0.717) is 11.4 Å². The van der Waals surface area contributed by atoms with Crippen LogP contribution >= 0.6 is 0 Å². The Morgan fingerprint density at radius 3 is 2.32 bits per heavy atom. The van der Waals surface area contributed by atoms with Gasteiger partial charge in [-0.2, -0.15) is 0 Å². The molecule has 112 valence electrons. The highest BCUT2D eigenvalue weighted by Gasteiger charge is 2.33. The molecule has 0 spiro atoms. The highest BCUT2D eigenvalue weighted by molar-refractivity contribution is 6.58. The van der Waals surface area contributed by atoms with Crippen LogP contribution in [0.1, 0.15) is 17.2 Å². The Kier molecular flexibility index (Phi) is 4.22. The number of halogens is 1. The molecule has 0 aromatic heterocycles. The number of hydrogen-bond donors (Lipinski definition) is 2. The second-order valence-corrected chi connectivity index (χ2v) is 5.10. The van der Waals surface area contributed by atoms with E-state index in [1.807, 2.05) is 30.3 Å². The summed E-state index contributed by atoms with van der Waals surface area (Å²) in [5, 5.41) is 18.2. The Hall–Kier alpha value is -2.18. The lowest BCUT2D eigenvalue weighted by molar-refractivity contribution is 0.181. The normalized spacial score (nSPS) is 20.4. The van der Waals surface area contributed by atoms with Gasteiger partial charge in [0.15, 0.2) is 6.10 Å². The number of ether oxygens (including phenoxy) is 1. The number of alkyl halides is 1. The first-order valence-electron chi connectivity index (χ1n) is 7.01. The van der Waals surface area contributed by atoms with E-state index < -0.39 is 25.9 Å². The molecule has 1 aliphatic heterocycles. The van der Waals surface area contributed by atoms with E-state index in [-0.39, 0.29) is 0 Å². The zero-order valence-electron chi connectivity index (χ0n) is 11.8. The van der Waals surface area contributed by atoms with Crippen LogP contribution in [0.5, 0.6) is 0 Å². The SMILES string of the molecule is OB(O)c1ccc(C2OC(c3ccccc3)=NC2CF)cc1. The fraction of sp³-hybridized carbons (Fsp3) is 0.188. The first-order valence-corrected chi connectivity index (χ1v) is 7.01. The fourth-order valence-corrected chi connectivity index (χ4v) is 2.43. The molecule has 0 amide bonds. The molecule has 0 radical (unpaired) electrons. The summed E-state index contributed by atoms with van der Waals surface area (Å²) in [6.07, 6.45) is -0.509. The number of hydrogen-bond acceptors (Lipinski definition) is 4. The summed E-state index contributed by atoms with van der Waals surface area (Å²) in [5.41, 5.74) is 1.94. The molecular weight excluding hydrogens is 284 g/mol. The maximum absolute atomic E-state index is 13.3. The predicted molar refractivity (Wildman–Crippen MR) is 82.8 cm³/mol. The van der Waals surface area contributed by atoms with Gasteiger partial charge in [0.25, 0.3) is 0 Å². The summed E-state index contributed by atoms with van der Waals surface area (Å²) < 4.78 is 19.1. The van der Waals surface area contributed by atoms with Crippen molar-refractivity contribution in [2.45, 2.75) is 12.1 Å². The van der Waals surface area contributed by atoms with Crippen LogP contribution in [0.3, 0.4) is 0 Å². The standard InChI is InChI=1S/C16H15BFNO3/c18-10-14-15(11-6-8-13(9-7-11)17(20)21)22-16(19-14)12-4-2-1-3-5-12/h1-9,14-15,20-21H,10H2. The van der Waals surface area contributed by atoms with E-state index in [2.05, 4.69) is 4.99 Å². The highest BCUT2D eigenvalue weighted by Crippen LogP contribution is 2.31. The second-order valence-electron chi connectivity index (χ2n) is 5.10. The molecule has 0 fully saturated rings. The van der Waals surface area contributed by atoms with Crippen LogP contribution in [0.15, 0.2) is 59.6 Å². The molecule has 0 bridgehead atoms. The van der Waals surface area contributed by atoms with Crippen molar-refractivity contribution in [3.05, 3.63) is 65.7 Å². The molecule has 2 atom stereocenters. The topological polar surface area (TPSA) is 62.0 Å². The van der Waals surface area contributed by atoms with Gasteiger partial charge in [-0.15, -0.1) is 0 Å². The fourth-order valence-electron chi connectivity index (χ4n) is 2.43. The summed E-state index contributed by atoms with van der Waals surface area (Å²) in [6, 6.07) is 15.3. The van der Waals surface area contributed by atoms with Gasteiger partial charge in [-0.3, -0.25) is 0 Å². The van der Waals surface area contributed by atoms with Gasteiger partial charge in [-0.25, -0.2) is 9.38 Å². The van der Waals surface area contributed by atoms with Crippen LogP contribution in [0, 0.1) is 0 Å². The first-order chi connectivity index (χ1) is 10.7. The Labute approximate surface area is 128 Å². The molecule has 1 heterocycles. The minimum Gasteiger partial charge on any atom is -0.467 e. The van der Waals surface area contributed by atoms with E-state index in [1.54, 1.807) is 24.3 Å². The third-order valence-corrected chi connectivity index (χ3v) is 3.61. The van der Waals surface area contributed by atoms with Crippen LogP contribution in [-0.2, 0) is 4.74 Å². The maximum Gasteiger partial charge on any atom is 0.488 e. The van der Waals surface area contributed by atoms with Crippen molar-refractivity contribution in [3.63, 3.8) is 0 Å². The second kappa shape index (κ2) is 6.29. The number of nitrogens with zero attached hydrogens (tertiary/aromatic N) is 1. The molecule has 3 rings (SSSR count). The summed E-state index contributed by atoms with van der Waals surface area (Å²) in [4.78, 5) is 4.31. The van der Waals surface area contributed by atoms with Crippen LogP contribution in [-0.4, -0.2) is 35.8 Å². The monoisotopic (exact) mass is 299 g/mol. The van der Waals surface area contributed by atoms with Crippen LogP contribution in [0.4, 0.5) is 4.39 Å². The first kappa shape index (κ1) is 14.7. The Balaban J connectivity index is 1.83. The lowest BCUT2D eigenvalue weighted by Gasteiger charge is -2.16. The van der Waals surface area contributed by atoms with E-state index in [9.17, 15) is 4.39 Å². The summed E-state index contributed by atoms with van der Waals surface area (Å²) in [5.74, 6) is 0.430. The van der Waals surface area contributed by atoms with Gasteiger partial charge in [-0.1, -0.05) is 42.5 Å². The van der Waals surface area contributed by atoms with Gasteiger partial charge in [0, 0.05) is 5.56 Å². The Morgan fingerprint density at radius 2 is 1.73 bits per heavy atom. The van der Waals surface area contributed by atoms with Crippen molar-refractivity contribution in [1.29, 1.82) is 0 Å². The summed E-state index contributed by atoms with van der Waals surface area (Å²) >= 11 is 0. The molecule has 6 heteroatoms. The average molecular weight is 299 g/mol. The zero-order valence-corrected chi connectivity index (χ0v) is 11.8. The van der Waals surface area contributed by atoms with Crippen LogP contribution < -0.4 is 5.46 Å². The number of aliphatic imine (C=N–C) groups is 1. The van der Waals surface area contributed by atoms with E-state index in [0.717, 1.165) is 11.1 Å². The number of rotatable bonds is 4. The van der Waals surface area contributed by atoms with Crippen LogP contribution in [0.2, 0.25) is 0 Å². The molecule has 1 aliphatic rings. The minimum absolute atomic E-state index is 0.378. The molecule has 2 aromatic rings. The lowest BCUT2D eigenvalue weighted by Crippen LogP contribution is -2.29. The van der Waals surface area contributed by atoms with Gasteiger partial charge in [0.1, 0.15) is 12.7 Å². The quantitative estimate of drug-likeness (QED) is 0.835. The predicted octanol–water partition coefficient (Wildman–Crippen LogP) is 1.22. The van der Waals surface area contributed by atoms with Gasteiger partial charge < -0.3 is 14.8 Å². The molecule has 2 unspecified atom stereocenters. The highest BCUT2D eigenvalue weighted by atomic mass is 19.1. The largest absolute Gasteiger partial charge is 0.488 e. The average Bonchev–Trinajstić information content (AvgIpc) is 3.00. The Morgan fingerprint density at radius 1 is 1.05 bits per heavy atom. The van der Waals surface area contributed by atoms with E-state index in [1.165, 1.54) is 0 Å². The zero-order chi connectivity index (χ0) is 15.5. The Bertz CT molecular complexity index is 661. The molecular formula is C16H15BFNO3.